The first-order valence-electron chi connectivity index (χ1n) is 12.4. The summed E-state index contributed by atoms with van der Waals surface area (Å²) < 4.78 is 14.3. The zero-order valence-corrected chi connectivity index (χ0v) is 21.6. The highest BCUT2D eigenvalue weighted by Gasteiger charge is 2.25. The quantitative estimate of drug-likeness (QED) is 0.468. The molecule has 36 heavy (non-hydrogen) atoms. The average Bonchev–Trinajstić information content (AvgIpc) is 3.39. The normalized spacial score (nSPS) is 17.3. The van der Waals surface area contributed by atoms with E-state index in [2.05, 4.69) is 32.7 Å². The van der Waals surface area contributed by atoms with Gasteiger partial charge in [-0.3, -0.25) is 9.69 Å². The number of piperidine rings is 1. The summed E-state index contributed by atoms with van der Waals surface area (Å²) >= 11 is 7.42. The molecule has 0 spiro atoms. The van der Waals surface area contributed by atoms with Gasteiger partial charge in [-0.15, -0.1) is 11.3 Å². The molecule has 10 heteroatoms. The fraction of sp³-hybridized carbons (Fsp3) is 0.423. The maximum Gasteiger partial charge on any atom is 0.256 e. The summed E-state index contributed by atoms with van der Waals surface area (Å²) in [5.74, 6) is 0.528. The number of carbonyl (C=O) groups excluding carboxylic acids is 1. The maximum atomic E-state index is 14.3. The van der Waals surface area contributed by atoms with Crippen LogP contribution in [0.3, 0.4) is 0 Å². The summed E-state index contributed by atoms with van der Waals surface area (Å²) in [4.78, 5) is 26.1. The first-order valence-corrected chi connectivity index (χ1v) is 13.6. The Morgan fingerprint density at radius 3 is 2.75 bits per heavy atom. The van der Waals surface area contributed by atoms with Crippen LogP contribution in [0.15, 0.2) is 41.9 Å². The molecule has 2 N–H and O–H groups in total. The van der Waals surface area contributed by atoms with Crippen LogP contribution in [-0.2, 0) is 13.0 Å². The third-order valence-corrected chi connectivity index (χ3v) is 7.80. The third kappa shape index (κ3) is 6.21. The molecule has 2 aromatic heterocycles. The number of aromatic nitrogens is 2. The molecular formula is C26H30ClFN6OS. The fourth-order valence-corrected chi connectivity index (χ4v) is 5.62. The molecule has 2 aliphatic heterocycles. The highest BCUT2D eigenvalue weighted by Crippen LogP contribution is 2.24. The zero-order chi connectivity index (χ0) is 24.9. The van der Waals surface area contributed by atoms with Crippen molar-refractivity contribution in [3.05, 3.63) is 69.6 Å². The lowest BCUT2D eigenvalue weighted by atomic mass is 9.91. The number of pyridine rings is 1. The van der Waals surface area contributed by atoms with Crippen molar-refractivity contribution in [3.63, 3.8) is 0 Å². The minimum Gasteiger partial charge on any atom is -0.336 e. The van der Waals surface area contributed by atoms with Crippen LogP contribution in [0, 0.1) is 11.7 Å². The number of hydrogen-bond donors (Lipinski definition) is 2. The Balaban J connectivity index is 1.25. The number of anilines is 2. The number of rotatable bonds is 7. The van der Waals surface area contributed by atoms with E-state index in [-0.39, 0.29) is 16.5 Å². The monoisotopic (exact) mass is 528 g/mol. The van der Waals surface area contributed by atoms with E-state index < -0.39 is 5.82 Å². The second-order valence-corrected chi connectivity index (χ2v) is 10.7. The minimum atomic E-state index is -0.651. The molecule has 0 radical (unpaired) electrons. The second kappa shape index (κ2) is 11.6. The van der Waals surface area contributed by atoms with Crippen LogP contribution in [-0.4, -0.2) is 64.9 Å². The molecule has 190 valence electrons. The summed E-state index contributed by atoms with van der Waals surface area (Å²) in [5.41, 5.74) is 2.32. The van der Waals surface area contributed by atoms with Crippen LogP contribution >= 0.6 is 22.9 Å². The molecule has 0 saturated carbocycles. The molecule has 0 bridgehead atoms. The number of thiazole rings is 1. The Labute approximate surface area is 219 Å². The molecular weight excluding hydrogens is 499 g/mol. The summed E-state index contributed by atoms with van der Waals surface area (Å²) in [6.07, 6.45) is 5.20. The van der Waals surface area contributed by atoms with Crippen molar-refractivity contribution in [1.82, 2.24) is 25.1 Å². The molecule has 1 amide bonds. The Bertz CT molecular complexity index is 1180. The van der Waals surface area contributed by atoms with Gasteiger partial charge in [0.1, 0.15) is 5.82 Å². The van der Waals surface area contributed by atoms with Gasteiger partial charge < -0.3 is 15.5 Å². The van der Waals surface area contributed by atoms with E-state index in [4.69, 9.17) is 16.6 Å². The highest BCUT2D eigenvalue weighted by molar-refractivity contribution is 7.13. The topological polar surface area (TPSA) is 73.4 Å². The predicted octanol–water partition coefficient (Wildman–Crippen LogP) is 4.57. The fourth-order valence-electron chi connectivity index (χ4n) is 4.90. The van der Waals surface area contributed by atoms with E-state index in [0.29, 0.717) is 38.6 Å². The number of halogens is 2. The molecule has 1 aromatic carbocycles. The lowest BCUT2D eigenvalue weighted by molar-refractivity contribution is 0.0622. The Morgan fingerprint density at radius 1 is 1.19 bits per heavy atom. The van der Waals surface area contributed by atoms with Crippen LogP contribution < -0.4 is 10.6 Å². The number of benzene rings is 1. The van der Waals surface area contributed by atoms with Gasteiger partial charge in [0.05, 0.1) is 16.3 Å². The van der Waals surface area contributed by atoms with Crippen molar-refractivity contribution in [2.24, 2.45) is 5.92 Å². The molecule has 0 aliphatic carbocycles. The van der Waals surface area contributed by atoms with Crippen LogP contribution in [0.1, 0.15) is 34.5 Å². The van der Waals surface area contributed by atoms with E-state index in [1.807, 2.05) is 5.38 Å². The van der Waals surface area contributed by atoms with Crippen molar-refractivity contribution in [3.8, 4) is 0 Å². The lowest BCUT2D eigenvalue weighted by Gasteiger charge is -2.34. The Hall–Kier alpha value is -2.59. The maximum absolute atomic E-state index is 14.3. The van der Waals surface area contributed by atoms with Crippen LogP contribution in [0.25, 0.3) is 0 Å². The Morgan fingerprint density at radius 2 is 2.00 bits per heavy atom. The highest BCUT2D eigenvalue weighted by atomic mass is 35.5. The summed E-state index contributed by atoms with van der Waals surface area (Å²) in [6, 6.07) is 8.91. The van der Waals surface area contributed by atoms with Crippen LogP contribution in [0.4, 0.5) is 15.3 Å². The standard InChI is InChI=1S/C26H30ClFN6OS/c27-22-3-1-2-21(24(22)28)25(35)34-11-9-33(10-12-34)17-20-15-19(14-18-4-6-29-7-5-18)16-23(31-20)32-26-30-8-13-36-26/h1-3,8,13,15-16,18,29H,4-7,9-12,14,17H2,(H,30,31,32). The number of nitrogens with one attached hydrogen (secondary N) is 2. The molecule has 2 aliphatic rings. The lowest BCUT2D eigenvalue weighted by Crippen LogP contribution is -2.48. The SMILES string of the molecule is O=C(c1cccc(Cl)c1F)N1CCN(Cc2cc(CC3CCNCC3)cc(Nc3nccs3)n2)CC1. The molecule has 0 unspecified atom stereocenters. The van der Waals surface area contributed by atoms with Gasteiger partial charge in [0.2, 0.25) is 0 Å². The number of amides is 1. The molecule has 3 aromatic rings. The van der Waals surface area contributed by atoms with Gasteiger partial charge in [0.25, 0.3) is 5.91 Å². The third-order valence-electron chi connectivity index (χ3n) is 6.82. The number of carbonyl (C=O) groups is 1. The number of hydrogen-bond acceptors (Lipinski definition) is 7. The van der Waals surface area contributed by atoms with Crippen LogP contribution in [0.2, 0.25) is 5.02 Å². The van der Waals surface area contributed by atoms with Crippen molar-refractivity contribution in [2.75, 3.05) is 44.6 Å². The van der Waals surface area contributed by atoms with Gasteiger partial charge in [-0.2, -0.15) is 0 Å². The van der Waals surface area contributed by atoms with Crippen molar-refractivity contribution in [1.29, 1.82) is 0 Å². The van der Waals surface area contributed by atoms with E-state index >= 15 is 0 Å². The molecule has 5 rings (SSSR count). The van der Waals surface area contributed by atoms with Crippen LogP contribution in [0.5, 0.6) is 0 Å². The Kier molecular flexibility index (Phi) is 8.11. The molecule has 7 nitrogen and oxygen atoms in total. The minimum absolute atomic E-state index is 0.0288. The smallest absolute Gasteiger partial charge is 0.256 e. The van der Waals surface area contributed by atoms with Gasteiger partial charge in [-0.05, 0) is 68.1 Å². The zero-order valence-electron chi connectivity index (χ0n) is 20.1. The molecule has 2 saturated heterocycles. The van der Waals surface area contributed by atoms with E-state index in [0.717, 1.165) is 36.2 Å². The largest absolute Gasteiger partial charge is 0.336 e. The van der Waals surface area contributed by atoms with Gasteiger partial charge in [0, 0.05) is 44.3 Å². The number of piperazine rings is 1. The van der Waals surface area contributed by atoms with Crippen molar-refractivity contribution in [2.45, 2.75) is 25.8 Å². The average molecular weight is 529 g/mol. The van der Waals surface area contributed by atoms with Gasteiger partial charge in [-0.25, -0.2) is 14.4 Å². The van der Waals surface area contributed by atoms with Crippen molar-refractivity contribution >= 4 is 39.8 Å². The van der Waals surface area contributed by atoms with Gasteiger partial charge in [-0.1, -0.05) is 17.7 Å². The van der Waals surface area contributed by atoms with E-state index in [1.165, 1.54) is 30.5 Å². The van der Waals surface area contributed by atoms with E-state index in [1.54, 1.807) is 28.5 Å². The predicted molar refractivity (Wildman–Crippen MR) is 142 cm³/mol. The second-order valence-electron chi connectivity index (χ2n) is 9.38. The van der Waals surface area contributed by atoms with Gasteiger partial charge >= 0.3 is 0 Å². The number of nitrogens with zero attached hydrogens (tertiary/aromatic N) is 4. The molecule has 2 fully saturated rings. The summed E-state index contributed by atoms with van der Waals surface area (Å²) in [5, 5.41) is 9.54. The molecule has 4 heterocycles. The van der Waals surface area contributed by atoms with Gasteiger partial charge in [0.15, 0.2) is 10.9 Å². The molecule has 0 atom stereocenters. The summed E-state index contributed by atoms with van der Waals surface area (Å²) in [6.45, 7) is 5.31. The summed E-state index contributed by atoms with van der Waals surface area (Å²) in [7, 11) is 0. The van der Waals surface area contributed by atoms with E-state index in [9.17, 15) is 9.18 Å². The van der Waals surface area contributed by atoms with Crippen molar-refractivity contribution < 1.29 is 9.18 Å². The first kappa shape index (κ1) is 25.1. The first-order chi connectivity index (χ1) is 17.5.